The van der Waals surface area contributed by atoms with Gasteiger partial charge in [-0.05, 0) is 50.3 Å². The van der Waals surface area contributed by atoms with Crippen molar-refractivity contribution in [1.82, 2.24) is 4.31 Å². The highest BCUT2D eigenvalue weighted by atomic mass is 32.2. The zero-order valence-corrected chi connectivity index (χ0v) is 12.9. The summed E-state index contributed by atoms with van der Waals surface area (Å²) in [4.78, 5) is 0.414. The van der Waals surface area contributed by atoms with Crippen molar-refractivity contribution in [2.45, 2.75) is 63.4 Å². The minimum Gasteiger partial charge on any atom is -0.207 e. The first-order valence-electron chi connectivity index (χ1n) is 6.97. The van der Waals surface area contributed by atoms with Crippen LogP contribution in [0.25, 0.3) is 0 Å². The van der Waals surface area contributed by atoms with Crippen LogP contribution in [0.1, 0.15) is 52.0 Å². The molecule has 19 heavy (non-hydrogen) atoms. The van der Waals surface area contributed by atoms with Gasteiger partial charge < -0.3 is 0 Å². The fraction of sp³-hybridized carbons (Fsp3) is 0.600. The Morgan fingerprint density at radius 2 is 1.53 bits per heavy atom. The Hall–Kier alpha value is -0.870. The Morgan fingerprint density at radius 1 is 1.05 bits per heavy atom. The van der Waals surface area contributed by atoms with Gasteiger partial charge in [0.1, 0.15) is 0 Å². The number of hydrogen-bond acceptors (Lipinski definition) is 2. The highest BCUT2D eigenvalue weighted by Crippen LogP contribution is 2.31. The Labute approximate surface area is 116 Å². The topological polar surface area (TPSA) is 37.4 Å². The van der Waals surface area contributed by atoms with Crippen LogP contribution in [0.3, 0.4) is 0 Å². The second-order valence-corrected chi connectivity index (χ2v) is 7.68. The molecule has 1 aromatic carbocycles. The van der Waals surface area contributed by atoms with E-state index in [0.717, 1.165) is 12.8 Å². The van der Waals surface area contributed by atoms with Crippen LogP contribution in [0.2, 0.25) is 0 Å². The largest absolute Gasteiger partial charge is 0.243 e. The van der Waals surface area contributed by atoms with Crippen LogP contribution in [0, 0.1) is 0 Å². The van der Waals surface area contributed by atoms with Crippen LogP contribution in [-0.2, 0) is 10.0 Å². The van der Waals surface area contributed by atoms with E-state index < -0.39 is 10.0 Å². The molecule has 1 aliphatic heterocycles. The Balaban J connectivity index is 2.34. The molecule has 1 fully saturated rings. The van der Waals surface area contributed by atoms with Crippen LogP contribution < -0.4 is 0 Å². The first-order valence-corrected chi connectivity index (χ1v) is 8.41. The van der Waals surface area contributed by atoms with Crippen molar-refractivity contribution in [1.29, 1.82) is 0 Å². The van der Waals surface area contributed by atoms with Crippen molar-refractivity contribution in [2.75, 3.05) is 0 Å². The summed E-state index contributed by atoms with van der Waals surface area (Å²) < 4.78 is 27.0. The smallest absolute Gasteiger partial charge is 0.207 e. The average molecular weight is 281 g/mol. The monoisotopic (exact) mass is 281 g/mol. The number of benzene rings is 1. The van der Waals surface area contributed by atoms with Gasteiger partial charge in [-0.2, -0.15) is 4.31 Å². The third kappa shape index (κ3) is 2.70. The van der Waals surface area contributed by atoms with Gasteiger partial charge in [-0.25, -0.2) is 8.42 Å². The van der Waals surface area contributed by atoms with Gasteiger partial charge in [-0.15, -0.1) is 0 Å². The van der Waals surface area contributed by atoms with E-state index >= 15 is 0 Å². The maximum absolute atomic E-state index is 12.7. The number of sulfonamides is 1. The van der Waals surface area contributed by atoms with Crippen molar-refractivity contribution in [3.8, 4) is 0 Å². The standard InChI is InChI=1S/C15H23NO2S/c1-11(2)14-7-9-15(10-8-14)19(17,18)16-12(3)5-6-13(16)4/h7-13H,5-6H2,1-4H3. The second kappa shape index (κ2) is 5.25. The van der Waals surface area contributed by atoms with Crippen molar-refractivity contribution in [3.05, 3.63) is 29.8 Å². The molecular weight excluding hydrogens is 258 g/mol. The molecule has 0 saturated carbocycles. The van der Waals surface area contributed by atoms with Gasteiger partial charge in [0, 0.05) is 12.1 Å². The molecule has 2 rings (SSSR count). The molecule has 0 spiro atoms. The van der Waals surface area contributed by atoms with Gasteiger partial charge >= 0.3 is 0 Å². The average Bonchev–Trinajstić information content (AvgIpc) is 2.69. The summed E-state index contributed by atoms with van der Waals surface area (Å²) in [7, 11) is -3.35. The van der Waals surface area contributed by atoms with E-state index in [0.29, 0.717) is 10.8 Å². The van der Waals surface area contributed by atoms with Gasteiger partial charge in [-0.1, -0.05) is 26.0 Å². The lowest BCUT2D eigenvalue weighted by Crippen LogP contribution is -2.38. The van der Waals surface area contributed by atoms with Crippen LogP contribution >= 0.6 is 0 Å². The van der Waals surface area contributed by atoms with E-state index in [1.54, 1.807) is 16.4 Å². The zero-order valence-electron chi connectivity index (χ0n) is 12.1. The Morgan fingerprint density at radius 3 is 1.95 bits per heavy atom. The summed E-state index contributed by atoms with van der Waals surface area (Å²) >= 11 is 0. The van der Waals surface area contributed by atoms with Crippen LogP contribution in [0.5, 0.6) is 0 Å². The molecule has 3 nitrogen and oxygen atoms in total. The number of nitrogens with zero attached hydrogens (tertiary/aromatic N) is 1. The molecule has 1 saturated heterocycles. The maximum atomic E-state index is 12.7. The number of rotatable bonds is 3. The lowest BCUT2D eigenvalue weighted by atomic mass is 10.0. The molecule has 0 N–H and O–H groups in total. The van der Waals surface area contributed by atoms with E-state index in [-0.39, 0.29) is 12.1 Å². The molecule has 1 aliphatic rings. The molecule has 0 amide bonds. The predicted octanol–water partition coefficient (Wildman–Crippen LogP) is 3.37. The van der Waals surface area contributed by atoms with E-state index in [4.69, 9.17) is 0 Å². The summed E-state index contributed by atoms with van der Waals surface area (Å²) in [6, 6.07) is 7.52. The zero-order chi connectivity index (χ0) is 14.2. The Kier molecular flexibility index (Phi) is 4.02. The lowest BCUT2D eigenvalue weighted by Gasteiger charge is -2.25. The van der Waals surface area contributed by atoms with Gasteiger partial charge in [-0.3, -0.25) is 0 Å². The summed E-state index contributed by atoms with van der Waals surface area (Å²) in [6.45, 7) is 8.19. The SMILES string of the molecule is CC(C)c1ccc(S(=O)(=O)N2C(C)CCC2C)cc1. The first kappa shape index (κ1) is 14.5. The van der Waals surface area contributed by atoms with Crippen LogP contribution in [0.15, 0.2) is 29.2 Å². The normalized spacial score (nSPS) is 25.1. The third-order valence-electron chi connectivity index (χ3n) is 3.99. The molecule has 4 heteroatoms. The molecule has 2 unspecified atom stereocenters. The predicted molar refractivity (Wildman–Crippen MR) is 77.7 cm³/mol. The molecular formula is C15H23NO2S. The fourth-order valence-corrected chi connectivity index (χ4v) is 4.67. The van der Waals surface area contributed by atoms with Crippen LogP contribution in [-0.4, -0.2) is 24.8 Å². The maximum Gasteiger partial charge on any atom is 0.243 e. The molecule has 0 bridgehead atoms. The number of hydrogen-bond donors (Lipinski definition) is 0. The molecule has 106 valence electrons. The second-order valence-electron chi connectivity index (χ2n) is 5.83. The summed E-state index contributed by atoms with van der Waals surface area (Å²) in [6.07, 6.45) is 1.90. The van der Waals surface area contributed by atoms with E-state index in [9.17, 15) is 8.42 Å². The van der Waals surface area contributed by atoms with Crippen LogP contribution in [0.4, 0.5) is 0 Å². The molecule has 0 aromatic heterocycles. The van der Waals surface area contributed by atoms with Crippen molar-refractivity contribution in [3.63, 3.8) is 0 Å². The third-order valence-corrected chi connectivity index (χ3v) is 6.14. The van der Waals surface area contributed by atoms with E-state index in [2.05, 4.69) is 13.8 Å². The minimum absolute atomic E-state index is 0.102. The fourth-order valence-electron chi connectivity index (χ4n) is 2.79. The van der Waals surface area contributed by atoms with Gasteiger partial charge in [0.05, 0.1) is 4.90 Å². The van der Waals surface area contributed by atoms with Crippen molar-refractivity contribution in [2.24, 2.45) is 0 Å². The van der Waals surface area contributed by atoms with E-state index in [1.165, 1.54) is 5.56 Å². The molecule has 1 heterocycles. The highest BCUT2D eigenvalue weighted by Gasteiger charge is 2.37. The molecule has 1 aromatic rings. The van der Waals surface area contributed by atoms with E-state index in [1.807, 2.05) is 26.0 Å². The van der Waals surface area contributed by atoms with Crippen molar-refractivity contribution >= 4 is 10.0 Å². The van der Waals surface area contributed by atoms with Gasteiger partial charge in [0.2, 0.25) is 10.0 Å². The quantitative estimate of drug-likeness (QED) is 0.852. The van der Waals surface area contributed by atoms with Gasteiger partial charge in [0.15, 0.2) is 0 Å². The lowest BCUT2D eigenvalue weighted by molar-refractivity contribution is 0.350. The van der Waals surface area contributed by atoms with Gasteiger partial charge in [0.25, 0.3) is 0 Å². The molecule has 0 radical (unpaired) electrons. The summed E-state index contributed by atoms with van der Waals surface area (Å²) in [5.74, 6) is 0.418. The molecule has 2 atom stereocenters. The first-order chi connectivity index (χ1) is 8.84. The highest BCUT2D eigenvalue weighted by molar-refractivity contribution is 7.89. The minimum atomic E-state index is -3.35. The summed E-state index contributed by atoms with van der Waals surface area (Å²) in [5, 5.41) is 0. The molecule has 0 aliphatic carbocycles. The van der Waals surface area contributed by atoms with Crippen molar-refractivity contribution < 1.29 is 8.42 Å². The summed E-state index contributed by atoms with van der Waals surface area (Å²) in [5.41, 5.74) is 1.17. The Bertz CT molecular complexity index is 524.